The SMILES string of the molecule is C[C@H](Sc1ccccc1)C(=O)Nc1ccccc1C(=O)N1CCCCC1. The number of nitrogens with one attached hydrogen (secondary N) is 1. The molecule has 26 heavy (non-hydrogen) atoms. The van der Waals surface area contributed by atoms with Crippen LogP contribution in [0.4, 0.5) is 5.69 Å². The molecule has 2 aromatic carbocycles. The third-order valence-electron chi connectivity index (χ3n) is 4.48. The molecule has 1 atom stereocenters. The molecule has 4 nitrogen and oxygen atoms in total. The summed E-state index contributed by atoms with van der Waals surface area (Å²) in [7, 11) is 0. The normalized spacial score (nSPS) is 15.3. The Labute approximate surface area is 159 Å². The van der Waals surface area contributed by atoms with Gasteiger partial charge in [-0.15, -0.1) is 11.8 Å². The van der Waals surface area contributed by atoms with Crippen molar-refractivity contribution in [2.45, 2.75) is 36.3 Å². The van der Waals surface area contributed by atoms with E-state index in [9.17, 15) is 9.59 Å². The number of amides is 2. The van der Waals surface area contributed by atoms with Crippen molar-refractivity contribution in [1.29, 1.82) is 0 Å². The van der Waals surface area contributed by atoms with Crippen LogP contribution < -0.4 is 5.32 Å². The summed E-state index contributed by atoms with van der Waals surface area (Å²) in [4.78, 5) is 28.4. The first-order valence-electron chi connectivity index (χ1n) is 9.06. The van der Waals surface area contributed by atoms with Gasteiger partial charge >= 0.3 is 0 Å². The van der Waals surface area contributed by atoms with E-state index in [2.05, 4.69) is 5.32 Å². The van der Waals surface area contributed by atoms with Crippen molar-refractivity contribution in [3.63, 3.8) is 0 Å². The maximum Gasteiger partial charge on any atom is 0.255 e. The van der Waals surface area contributed by atoms with Gasteiger partial charge in [-0.2, -0.15) is 0 Å². The van der Waals surface area contributed by atoms with Crippen molar-refractivity contribution >= 4 is 29.3 Å². The number of hydrogen-bond acceptors (Lipinski definition) is 3. The molecule has 5 heteroatoms. The number of hydrogen-bond donors (Lipinski definition) is 1. The van der Waals surface area contributed by atoms with Gasteiger partial charge in [-0.05, 0) is 50.5 Å². The van der Waals surface area contributed by atoms with Crippen molar-refractivity contribution in [2.75, 3.05) is 18.4 Å². The van der Waals surface area contributed by atoms with Gasteiger partial charge in [0.25, 0.3) is 5.91 Å². The maximum absolute atomic E-state index is 12.8. The molecular formula is C21H24N2O2S. The van der Waals surface area contributed by atoms with E-state index in [1.54, 1.807) is 12.1 Å². The van der Waals surface area contributed by atoms with Gasteiger partial charge in [0.2, 0.25) is 5.91 Å². The van der Waals surface area contributed by atoms with Crippen LogP contribution in [0.2, 0.25) is 0 Å². The Hall–Kier alpha value is -2.27. The zero-order valence-electron chi connectivity index (χ0n) is 15.0. The molecule has 0 unspecified atom stereocenters. The zero-order valence-corrected chi connectivity index (χ0v) is 15.8. The second-order valence-corrected chi connectivity index (χ2v) is 7.88. The highest BCUT2D eigenvalue weighted by atomic mass is 32.2. The first-order chi connectivity index (χ1) is 12.6. The summed E-state index contributed by atoms with van der Waals surface area (Å²) >= 11 is 1.51. The summed E-state index contributed by atoms with van der Waals surface area (Å²) in [6.07, 6.45) is 3.27. The number of rotatable bonds is 5. The third kappa shape index (κ3) is 4.67. The van der Waals surface area contributed by atoms with E-state index in [1.807, 2.05) is 54.3 Å². The molecule has 0 saturated carbocycles. The van der Waals surface area contributed by atoms with Gasteiger partial charge in [-0.3, -0.25) is 9.59 Å². The minimum atomic E-state index is -0.254. The number of anilines is 1. The summed E-state index contributed by atoms with van der Waals surface area (Å²) < 4.78 is 0. The highest BCUT2D eigenvalue weighted by Gasteiger charge is 2.22. The van der Waals surface area contributed by atoms with Crippen LogP contribution in [0.3, 0.4) is 0 Å². The number of piperidine rings is 1. The van der Waals surface area contributed by atoms with Crippen LogP contribution in [-0.4, -0.2) is 35.1 Å². The standard InChI is InChI=1S/C21H24N2O2S/c1-16(26-17-10-4-2-5-11-17)20(24)22-19-13-7-6-12-18(19)21(25)23-14-8-3-9-15-23/h2,4-7,10-13,16H,3,8-9,14-15H2,1H3,(H,22,24)/t16-/m0/s1. The number of carbonyl (C=O) groups excluding carboxylic acids is 2. The number of nitrogens with zero attached hydrogens (tertiary/aromatic N) is 1. The summed E-state index contributed by atoms with van der Waals surface area (Å²) in [6.45, 7) is 3.46. The maximum atomic E-state index is 12.8. The predicted octanol–water partition coefficient (Wildman–Crippen LogP) is 4.43. The van der Waals surface area contributed by atoms with Gasteiger partial charge in [0.15, 0.2) is 0 Å². The van der Waals surface area contributed by atoms with Gasteiger partial charge < -0.3 is 10.2 Å². The largest absolute Gasteiger partial charge is 0.339 e. The Morgan fingerprint density at radius 1 is 0.962 bits per heavy atom. The van der Waals surface area contributed by atoms with E-state index in [4.69, 9.17) is 0 Å². The summed E-state index contributed by atoms with van der Waals surface area (Å²) in [5.74, 6) is -0.0956. The first-order valence-corrected chi connectivity index (χ1v) is 9.94. The van der Waals surface area contributed by atoms with Gasteiger partial charge in [0.1, 0.15) is 0 Å². The van der Waals surface area contributed by atoms with E-state index in [-0.39, 0.29) is 17.1 Å². The highest BCUT2D eigenvalue weighted by molar-refractivity contribution is 8.00. The Bertz CT molecular complexity index is 758. The van der Waals surface area contributed by atoms with Crippen LogP contribution in [0.15, 0.2) is 59.5 Å². The Morgan fingerprint density at radius 3 is 2.35 bits per heavy atom. The van der Waals surface area contributed by atoms with E-state index >= 15 is 0 Å². The minimum Gasteiger partial charge on any atom is -0.339 e. The van der Waals surface area contributed by atoms with Crippen molar-refractivity contribution in [1.82, 2.24) is 4.90 Å². The average molecular weight is 369 g/mol. The van der Waals surface area contributed by atoms with Crippen molar-refractivity contribution in [2.24, 2.45) is 0 Å². The average Bonchev–Trinajstić information content (AvgIpc) is 2.69. The lowest BCUT2D eigenvalue weighted by Gasteiger charge is -2.27. The van der Waals surface area contributed by atoms with Gasteiger partial charge in [0.05, 0.1) is 16.5 Å². The lowest BCUT2D eigenvalue weighted by molar-refractivity contribution is -0.115. The summed E-state index contributed by atoms with van der Waals surface area (Å²) in [5.41, 5.74) is 1.16. The molecule has 0 aromatic heterocycles. The van der Waals surface area contributed by atoms with E-state index in [0.717, 1.165) is 30.8 Å². The molecule has 1 aliphatic rings. The van der Waals surface area contributed by atoms with Gasteiger partial charge in [-0.1, -0.05) is 30.3 Å². The number of carbonyl (C=O) groups is 2. The second kappa shape index (κ2) is 8.90. The minimum absolute atomic E-state index is 0.00367. The van der Waals surface area contributed by atoms with Crippen LogP contribution in [0.1, 0.15) is 36.5 Å². The molecule has 0 spiro atoms. The lowest BCUT2D eigenvalue weighted by Crippen LogP contribution is -2.36. The van der Waals surface area contributed by atoms with Gasteiger partial charge in [-0.25, -0.2) is 0 Å². The molecule has 3 rings (SSSR count). The lowest BCUT2D eigenvalue weighted by atomic mass is 10.1. The van der Waals surface area contributed by atoms with E-state index < -0.39 is 0 Å². The number of likely N-dealkylation sites (tertiary alicyclic amines) is 1. The van der Waals surface area contributed by atoms with Crippen molar-refractivity contribution in [3.05, 3.63) is 60.2 Å². The predicted molar refractivity (Wildman–Crippen MR) is 107 cm³/mol. The Kier molecular flexibility index (Phi) is 6.34. The first kappa shape index (κ1) is 18.5. The molecule has 0 bridgehead atoms. The molecule has 1 fully saturated rings. The summed E-state index contributed by atoms with van der Waals surface area (Å²) in [5, 5.41) is 2.69. The molecule has 2 amide bonds. The van der Waals surface area contributed by atoms with Gasteiger partial charge in [0, 0.05) is 18.0 Å². The van der Waals surface area contributed by atoms with Crippen molar-refractivity contribution < 1.29 is 9.59 Å². The fourth-order valence-electron chi connectivity index (χ4n) is 3.04. The van der Waals surface area contributed by atoms with Crippen molar-refractivity contribution in [3.8, 4) is 0 Å². The molecule has 1 heterocycles. The molecule has 1 aliphatic heterocycles. The molecule has 0 radical (unpaired) electrons. The second-order valence-electron chi connectivity index (χ2n) is 6.46. The van der Waals surface area contributed by atoms with E-state index in [1.165, 1.54) is 18.2 Å². The fourth-order valence-corrected chi connectivity index (χ4v) is 3.93. The molecule has 1 N–H and O–H groups in total. The highest BCUT2D eigenvalue weighted by Crippen LogP contribution is 2.25. The number of thioether (sulfide) groups is 1. The smallest absolute Gasteiger partial charge is 0.255 e. The Balaban J connectivity index is 1.69. The van der Waals surface area contributed by atoms with Crippen LogP contribution in [0.25, 0.3) is 0 Å². The van der Waals surface area contributed by atoms with Crippen LogP contribution in [-0.2, 0) is 4.79 Å². The number of benzene rings is 2. The third-order valence-corrected chi connectivity index (χ3v) is 5.60. The zero-order chi connectivity index (χ0) is 18.4. The molecular weight excluding hydrogens is 344 g/mol. The van der Waals surface area contributed by atoms with Crippen LogP contribution >= 0.6 is 11.8 Å². The monoisotopic (exact) mass is 368 g/mol. The molecule has 136 valence electrons. The molecule has 1 saturated heterocycles. The topological polar surface area (TPSA) is 49.4 Å². The summed E-state index contributed by atoms with van der Waals surface area (Å²) in [6, 6.07) is 17.1. The van der Waals surface area contributed by atoms with Crippen LogP contribution in [0, 0.1) is 0 Å². The molecule has 2 aromatic rings. The quantitative estimate of drug-likeness (QED) is 0.794. The number of para-hydroxylation sites is 1. The Morgan fingerprint density at radius 2 is 1.62 bits per heavy atom. The van der Waals surface area contributed by atoms with E-state index in [0.29, 0.717) is 11.3 Å². The fraction of sp³-hybridized carbons (Fsp3) is 0.333. The molecule has 0 aliphatic carbocycles. The van der Waals surface area contributed by atoms with Crippen LogP contribution in [0.5, 0.6) is 0 Å².